The number of rotatable bonds is 4. The number of hydrogen-bond donors (Lipinski definition) is 0. The van der Waals surface area contributed by atoms with Crippen molar-refractivity contribution in [3.63, 3.8) is 0 Å². The Balaban J connectivity index is 2.13. The molecule has 0 saturated carbocycles. The summed E-state index contributed by atoms with van der Waals surface area (Å²) in [6.45, 7) is 5.56. The van der Waals surface area contributed by atoms with Crippen LogP contribution >= 0.6 is 0 Å². The third-order valence-corrected chi connectivity index (χ3v) is 1.84. The van der Waals surface area contributed by atoms with Crippen LogP contribution in [0.5, 0.6) is 0 Å². The van der Waals surface area contributed by atoms with Gasteiger partial charge in [-0.15, -0.1) is 0 Å². The minimum Gasteiger partial charge on any atom is -0.299 e. The van der Waals surface area contributed by atoms with Crippen molar-refractivity contribution in [1.82, 2.24) is 4.90 Å². The second-order valence-corrected chi connectivity index (χ2v) is 2.92. The number of nitrogens with zero attached hydrogens (tertiary/aromatic N) is 2. The molecule has 0 radical (unpaired) electrons. The lowest BCUT2D eigenvalue weighted by atomic mass is 10.1. The van der Waals surface area contributed by atoms with Crippen molar-refractivity contribution in [2.75, 3.05) is 19.6 Å². The lowest BCUT2D eigenvalue weighted by Gasteiger charge is -2.05. The molecule has 0 spiro atoms. The van der Waals surface area contributed by atoms with Gasteiger partial charge in [0.1, 0.15) is 0 Å². The van der Waals surface area contributed by atoms with Crippen molar-refractivity contribution >= 4 is 0 Å². The van der Waals surface area contributed by atoms with Gasteiger partial charge < -0.3 is 0 Å². The Morgan fingerprint density at radius 1 is 1.60 bits per heavy atom. The zero-order valence-corrected chi connectivity index (χ0v) is 6.51. The van der Waals surface area contributed by atoms with Crippen LogP contribution in [0.2, 0.25) is 0 Å². The van der Waals surface area contributed by atoms with Gasteiger partial charge in [-0.2, -0.15) is 5.26 Å². The summed E-state index contributed by atoms with van der Waals surface area (Å²) in [6.07, 6.45) is 2.19. The fraction of sp³-hybridized carbons (Fsp3) is 0.875. The van der Waals surface area contributed by atoms with Crippen LogP contribution in [0.4, 0.5) is 0 Å². The molecule has 56 valence electrons. The first-order valence-electron chi connectivity index (χ1n) is 3.98. The summed E-state index contributed by atoms with van der Waals surface area (Å²) in [5.41, 5.74) is 0. The molecule has 2 heteroatoms. The van der Waals surface area contributed by atoms with E-state index in [0.717, 1.165) is 19.4 Å². The highest BCUT2D eigenvalue weighted by Crippen LogP contribution is 2.12. The van der Waals surface area contributed by atoms with Gasteiger partial charge in [0.05, 0.1) is 12.0 Å². The molecule has 0 aromatic carbocycles. The van der Waals surface area contributed by atoms with E-state index in [1.165, 1.54) is 13.1 Å². The summed E-state index contributed by atoms with van der Waals surface area (Å²) in [4.78, 5) is 2.31. The van der Waals surface area contributed by atoms with Crippen molar-refractivity contribution in [2.45, 2.75) is 19.8 Å². The number of nitriles is 1. The zero-order chi connectivity index (χ0) is 7.40. The van der Waals surface area contributed by atoms with E-state index in [1.54, 1.807) is 0 Å². The molecular weight excluding hydrogens is 124 g/mol. The van der Waals surface area contributed by atoms with Crippen molar-refractivity contribution in [3.8, 4) is 6.07 Å². The van der Waals surface area contributed by atoms with Crippen molar-refractivity contribution in [2.24, 2.45) is 5.92 Å². The standard InChI is InChI=1S/C8H14N2/c1-2-3-8(6-9)7-10-4-5-10/h8H,2-5,7H2,1H3. The first-order chi connectivity index (χ1) is 4.86. The number of hydrogen-bond acceptors (Lipinski definition) is 2. The Morgan fingerprint density at radius 2 is 2.30 bits per heavy atom. The summed E-state index contributed by atoms with van der Waals surface area (Å²) in [5.74, 6) is 0.285. The highest BCUT2D eigenvalue weighted by atomic mass is 15.3. The van der Waals surface area contributed by atoms with Gasteiger partial charge >= 0.3 is 0 Å². The monoisotopic (exact) mass is 138 g/mol. The molecule has 0 aromatic rings. The predicted octanol–water partition coefficient (Wildman–Crippen LogP) is 1.24. The molecule has 1 rings (SSSR count). The summed E-state index contributed by atoms with van der Waals surface area (Å²) in [6, 6.07) is 2.33. The van der Waals surface area contributed by atoms with E-state index in [-0.39, 0.29) is 5.92 Å². The van der Waals surface area contributed by atoms with Gasteiger partial charge in [0, 0.05) is 19.6 Å². The van der Waals surface area contributed by atoms with E-state index in [1.807, 2.05) is 0 Å². The molecule has 1 atom stereocenters. The minimum absolute atomic E-state index is 0.285. The minimum atomic E-state index is 0.285. The van der Waals surface area contributed by atoms with E-state index >= 15 is 0 Å². The lowest BCUT2D eigenvalue weighted by Crippen LogP contribution is -2.11. The van der Waals surface area contributed by atoms with Crippen LogP contribution < -0.4 is 0 Å². The summed E-state index contributed by atoms with van der Waals surface area (Å²) in [7, 11) is 0. The molecule has 2 nitrogen and oxygen atoms in total. The lowest BCUT2D eigenvalue weighted by molar-refractivity contribution is 0.448. The quantitative estimate of drug-likeness (QED) is 0.546. The molecule has 0 N–H and O–H groups in total. The molecule has 1 fully saturated rings. The van der Waals surface area contributed by atoms with Gasteiger partial charge in [0.15, 0.2) is 0 Å². The van der Waals surface area contributed by atoms with Gasteiger partial charge in [-0.25, -0.2) is 0 Å². The summed E-state index contributed by atoms with van der Waals surface area (Å²) < 4.78 is 0. The normalized spacial score (nSPS) is 20.0. The molecule has 1 aliphatic rings. The molecule has 0 amide bonds. The smallest absolute Gasteiger partial charge is 0.0669 e. The van der Waals surface area contributed by atoms with Gasteiger partial charge in [-0.3, -0.25) is 4.90 Å². The SMILES string of the molecule is CCCC(C#N)CN1CC1. The van der Waals surface area contributed by atoms with E-state index in [4.69, 9.17) is 5.26 Å². The third kappa shape index (κ3) is 2.36. The van der Waals surface area contributed by atoms with E-state index in [2.05, 4.69) is 17.9 Å². The molecule has 0 bridgehead atoms. The maximum absolute atomic E-state index is 8.66. The Morgan fingerprint density at radius 3 is 2.70 bits per heavy atom. The molecule has 1 unspecified atom stereocenters. The van der Waals surface area contributed by atoms with Crippen LogP contribution in [-0.2, 0) is 0 Å². The van der Waals surface area contributed by atoms with E-state index < -0.39 is 0 Å². The molecule has 1 aliphatic heterocycles. The average Bonchev–Trinajstić information content (AvgIpc) is 2.71. The van der Waals surface area contributed by atoms with Crippen LogP contribution in [-0.4, -0.2) is 24.5 Å². The van der Waals surface area contributed by atoms with Crippen LogP contribution in [0.25, 0.3) is 0 Å². The molecule has 0 aliphatic carbocycles. The molecule has 1 heterocycles. The second-order valence-electron chi connectivity index (χ2n) is 2.92. The maximum Gasteiger partial charge on any atom is 0.0669 e. The Labute approximate surface area is 62.4 Å². The summed E-state index contributed by atoms with van der Waals surface area (Å²) in [5, 5.41) is 8.66. The Kier molecular flexibility index (Phi) is 2.70. The highest BCUT2D eigenvalue weighted by molar-refractivity contribution is 4.88. The average molecular weight is 138 g/mol. The van der Waals surface area contributed by atoms with E-state index in [0.29, 0.717) is 0 Å². The fourth-order valence-electron chi connectivity index (χ4n) is 1.11. The first-order valence-corrected chi connectivity index (χ1v) is 3.98. The van der Waals surface area contributed by atoms with Crippen LogP contribution in [0.3, 0.4) is 0 Å². The van der Waals surface area contributed by atoms with Crippen molar-refractivity contribution < 1.29 is 0 Å². The second kappa shape index (κ2) is 3.58. The predicted molar refractivity (Wildman–Crippen MR) is 40.5 cm³/mol. The topological polar surface area (TPSA) is 26.8 Å². The van der Waals surface area contributed by atoms with Crippen LogP contribution in [0.15, 0.2) is 0 Å². The van der Waals surface area contributed by atoms with Crippen LogP contribution in [0, 0.1) is 17.2 Å². The maximum atomic E-state index is 8.66. The largest absolute Gasteiger partial charge is 0.299 e. The van der Waals surface area contributed by atoms with Crippen molar-refractivity contribution in [1.29, 1.82) is 5.26 Å². The third-order valence-electron chi connectivity index (χ3n) is 1.84. The van der Waals surface area contributed by atoms with E-state index in [9.17, 15) is 0 Å². The van der Waals surface area contributed by atoms with Gasteiger partial charge in [0.25, 0.3) is 0 Å². The Hall–Kier alpha value is -0.550. The molecule has 10 heavy (non-hydrogen) atoms. The summed E-state index contributed by atoms with van der Waals surface area (Å²) >= 11 is 0. The van der Waals surface area contributed by atoms with Gasteiger partial charge in [0.2, 0.25) is 0 Å². The molecule has 1 saturated heterocycles. The highest BCUT2D eigenvalue weighted by Gasteiger charge is 2.20. The Bertz CT molecular complexity index is 133. The van der Waals surface area contributed by atoms with Gasteiger partial charge in [-0.1, -0.05) is 13.3 Å². The first kappa shape index (κ1) is 7.56. The molecular formula is C8H14N2. The van der Waals surface area contributed by atoms with Gasteiger partial charge in [-0.05, 0) is 6.42 Å². The zero-order valence-electron chi connectivity index (χ0n) is 6.51. The fourth-order valence-corrected chi connectivity index (χ4v) is 1.11. The van der Waals surface area contributed by atoms with Crippen LogP contribution in [0.1, 0.15) is 19.8 Å². The van der Waals surface area contributed by atoms with Crippen molar-refractivity contribution in [3.05, 3.63) is 0 Å². The molecule has 0 aromatic heterocycles.